The zero-order valence-corrected chi connectivity index (χ0v) is 19.9. The quantitative estimate of drug-likeness (QED) is 0.220. The fourth-order valence-corrected chi connectivity index (χ4v) is 3.90. The number of thiophene rings is 1. The fourth-order valence-electron chi connectivity index (χ4n) is 2.98. The Balaban J connectivity index is 0.00000364. The number of hydrogen-bond acceptors (Lipinski definition) is 5. The van der Waals surface area contributed by atoms with E-state index in [1.165, 1.54) is 4.88 Å². The average Bonchev–Trinajstić information content (AvgIpc) is 3.18. The molecule has 1 atom stereocenters. The number of ether oxygens (including phenoxy) is 2. The van der Waals surface area contributed by atoms with E-state index >= 15 is 0 Å². The van der Waals surface area contributed by atoms with Gasteiger partial charge in [-0.25, -0.2) is 0 Å². The lowest BCUT2D eigenvalue weighted by atomic mass is 10.0. The van der Waals surface area contributed by atoms with E-state index in [-0.39, 0.29) is 24.0 Å². The van der Waals surface area contributed by atoms with Gasteiger partial charge in [-0.1, -0.05) is 6.07 Å². The maximum Gasteiger partial charge on any atom is 0.191 e. The van der Waals surface area contributed by atoms with Gasteiger partial charge >= 0.3 is 0 Å². The lowest BCUT2D eigenvalue weighted by Crippen LogP contribution is -2.42. The van der Waals surface area contributed by atoms with Crippen LogP contribution in [0.5, 0.6) is 0 Å². The molecule has 0 amide bonds. The molecule has 1 aliphatic heterocycles. The predicted molar refractivity (Wildman–Crippen MR) is 125 cm³/mol. The summed E-state index contributed by atoms with van der Waals surface area (Å²) in [6.45, 7) is 5.11. The van der Waals surface area contributed by atoms with E-state index in [1.807, 2.05) is 7.05 Å². The van der Waals surface area contributed by atoms with Gasteiger partial charge in [0.05, 0.1) is 6.04 Å². The Labute approximate surface area is 185 Å². The van der Waals surface area contributed by atoms with Crippen LogP contribution in [0.25, 0.3) is 0 Å². The number of nitrogens with zero attached hydrogens (tertiary/aromatic N) is 2. The van der Waals surface area contributed by atoms with E-state index in [1.54, 1.807) is 11.3 Å². The summed E-state index contributed by atoms with van der Waals surface area (Å²) in [5, 5.41) is 8.93. The Kier molecular flexibility index (Phi) is 13.3. The lowest BCUT2D eigenvalue weighted by Gasteiger charge is -2.24. The minimum atomic E-state index is 0. The van der Waals surface area contributed by atoms with Gasteiger partial charge in [-0.15, -0.1) is 35.3 Å². The third kappa shape index (κ3) is 9.56. The van der Waals surface area contributed by atoms with Gasteiger partial charge in [-0.3, -0.25) is 4.99 Å². The molecule has 1 fully saturated rings. The number of nitrogens with one attached hydrogen (secondary N) is 2. The first-order valence-electron chi connectivity index (χ1n) is 9.50. The minimum Gasteiger partial charge on any atom is -0.381 e. The van der Waals surface area contributed by atoms with Crippen LogP contribution in [-0.4, -0.2) is 71.5 Å². The monoisotopic (exact) mass is 510 g/mol. The first kappa shape index (κ1) is 24.6. The van der Waals surface area contributed by atoms with Crippen LogP contribution >= 0.6 is 35.3 Å². The Morgan fingerprint density at radius 1 is 1.37 bits per heavy atom. The molecule has 0 radical (unpaired) electrons. The summed E-state index contributed by atoms with van der Waals surface area (Å²) in [7, 11) is 6.03. The van der Waals surface area contributed by atoms with Crippen molar-refractivity contribution in [2.24, 2.45) is 10.9 Å². The highest BCUT2D eigenvalue weighted by atomic mass is 127. The molecule has 0 saturated carbocycles. The summed E-state index contributed by atoms with van der Waals surface area (Å²) < 4.78 is 11.2. The average molecular weight is 510 g/mol. The maximum atomic E-state index is 5.81. The topological polar surface area (TPSA) is 58.1 Å². The molecular formula is C19H35IN4O2S. The second kappa shape index (κ2) is 14.6. The van der Waals surface area contributed by atoms with Crippen molar-refractivity contribution in [1.29, 1.82) is 0 Å². The van der Waals surface area contributed by atoms with Crippen molar-refractivity contribution in [3.05, 3.63) is 22.4 Å². The molecule has 6 nitrogen and oxygen atoms in total. The molecule has 1 unspecified atom stereocenters. The van der Waals surface area contributed by atoms with Gasteiger partial charge in [0.1, 0.15) is 0 Å². The molecule has 2 heterocycles. The molecule has 1 saturated heterocycles. The molecule has 1 aliphatic rings. The summed E-state index contributed by atoms with van der Waals surface area (Å²) in [5.74, 6) is 1.52. The molecule has 1 aromatic heterocycles. The van der Waals surface area contributed by atoms with Crippen LogP contribution in [0.1, 0.15) is 30.2 Å². The molecule has 0 aromatic carbocycles. The molecule has 1 aromatic rings. The van der Waals surface area contributed by atoms with Crippen molar-refractivity contribution in [3.63, 3.8) is 0 Å². The van der Waals surface area contributed by atoms with Crippen LogP contribution in [-0.2, 0) is 9.47 Å². The fraction of sp³-hybridized carbons (Fsp3) is 0.737. The number of hydrogen-bond donors (Lipinski definition) is 2. The SMILES string of the molecule is CN=C(NCCCOCC1CCOCC1)NCC(c1cccs1)N(C)C.I. The van der Waals surface area contributed by atoms with Gasteiger partial charge in [0.2, 0.25) is 0 Å². The lowest BCUT2D eigenvalue weighted by molar-refractivity contribution is 0.0203. The second-order valence-corrected chi connectivity index (χ2v) is 7.84. The predicted octanol–water partition coefficient (Wildman–Crippen LogP) is 2.97. The highest BCUT2D eigenvalue weighted by Gasteiger charge is 2.15. The van der Waals surface area contributed by atoms with Crippen LogP contribution in [0.3, 0.4) is 0 Å². The van der Waals surface area contributed by atoms with E-state index in [2.05, 4.69) is 52.1 Å². The van der Waals surface area contributed by atoms with Crippen molar-refractivity contribution >= 4 is 41.3 Å². The van der Waals surface area contributed by atoms with Crippen molar-refractivity contribution in [1.82, 2.24) is 15.5 Å². The minimum absolute atomic E-state index is 0. The first-order valence-corrected chi connectivity index (χ1v) is 10.4. The van der Waals surface area contributed by atoms with E-state index in [4.69, 9.17) is 9.47 Å². The highest BCUT2D eigenvalue weighted by molar-refractivity contribution is 14.0. The standard InChI is InChI=1S/C19H34N4O2S.HI/c1-20-19(22-14-17(23(2)3)18-6-4-13-26-18)21-9-5-10-25-15-16-7-11-24-12-8-16;/h4,6,13,16-17H,5,7-12,14-15H2,1-3H3,(H2,20,21,22);1H. The summed E-state index contributed by atoms with van der Waals surface area (Å²) in [6, 6.07) is 4.63. The molecule has 0 spiro atoms. The molecular weight excluding hydrogens is 475 g/mol. The molecule has 0 aliphatic carbocycles. The molecule has 156 valence electrons. The molecule has 27 heavy (non-hydrogen) atoms. The summed E-state index contributed by atoms with van der Waals surface area (Å²) in [5.41, 5.74) is 0. The highest BCUT2D eigenvalue weighted by Crippen LogP contribution is 2.22. The van der Waals surface area contributed by atoms with Gasteiger partial charge in [0.25, 0.3) is 0 Å². The first-order chi connectivity index (χ1) is 12.7. The Hall–Kier alpha value is -0.420. The van der Waals surface area contributed by atoms with Crippen LogP contribution in [0.2, 0.25) is 0 Å². The molecule has 0 bridgehead atoms. The van der Waals surface area contributed by atoms with Crippen molar-refractivity contribution in [2.45, 2.75) is 25.3 Å². The molecule has 2 rings (SSSR count). The van der Waals surface area contributed by atoms with E-state index < -0.39 is 0 Å². The number of guanidine groups is 1. The number of likely N-dealkylation sites (N-methyl/N-ethyl adjacent to an activating group) is 1. The third-order valence-electron chi connectivity index (χ3n) is 4.63. The second-order valence-electron chi connectivity index (χ2n) is 6.86. The van der Waals surface area contributed by atoms with E-state index in [9.17, 15) is 0 Å². The molecule has 2 N–H and O–H groups in total. The van der Waals surface area contributed by atoms with Gasteiger partial charge < -0.3 is 25.0 Å². The third-order valence-corrected chi connectivity index (χ3v) is 5.61. The zero-order valence-electron chi connectivity index (χ0n) is 16.8. The van der Waals surface area contributed by atoms with Crippen molar-refractivity contribution in [3.8, 4) is 0 Å². The van der Waals surface area contributed by atoms with Crippen molar-refractivity contribution < 1.29 is 9.47 Å². The van der Waals surface area contributed by atoms with Crippen molar-refractivity contribution in [2.75, 3.05) is 60.7 Å². The summed E-state index contributed by atoms with van der Waals surface area (Å²) >= 11 is 1.79. The molecule has 8 heteroatoms. The number of halogens is 1. The smallest absolute Gasteiger partial charge is 0.191 e. The maximum absolute atomic E-state index is 5.81. The van der Waals surface area contributed by atoms with Crippen LogP contribution < -0.4 is 10.6 Å². The van der Waals surface area contributed by atoms with Crippen LogP contribution in [0.4, 0.5) is 0 Å². The Morgan fingerprint density at radius 2 is 2.15 bits per heavy atom. The van der Waals surface area contributed by atoms with Crippen LogP contribution in [0.15, 0.2) is 22.5 Å². The Morgan fingerprint density at radius 3 is 2.78 bits per heavy atom. The van der Waals surface area contributed by atoms with Gasteiger partial charge in [-0.05, 0) is 50.7 Å². The summed E-state index contributed by atoms with van der Waals surface area (Å²) in [6.07, 6.45) is 3.24. The van der Waals surface area contributed by atoms with E-state index in [0.717, 1.165) is 64.7 Å². The van der Waals surface area contributed by atoms with Gasteiger partial charge in [0.15, 0.2) is 5.96 Å². The number of aliphatic imine (C=N–C) groups is 1. The van der Waals surface area contributed by atoms with E-state index in [0.29, 0.717) is 12.0 Å². The Bertz CT molecular complexity index is 508. The normalized spacial score (nSPS) is 16.8. The van der Waals surface area contributed by atoms with Gasteiger partial charge in [-0.2, -0.15) is 0 Å². The largest absolute Gasteiger partial charge is 0.381 e. The van der Waals surface area contributed by atoms with Crippen LogP contribution in [0, 0.1) is 5.92 Å². The zero-order chi connectivity index (χ0) is 18.6. The summed E-state index contributed by atoms with van der Waals surface area (Å²) in [4.78, 5) is 7.91. The van der Waals surface area contributed by atoms with Gasteiger partial charge in [0, 0.05) is 51.4 Å². The number of rotatable bonds is 10.